The summed E-state index contributed by atoms with van der Waals surface area (Å²) in [7, 11) is -3.39. The van der Waals surface area contributed by atoms with E-state index in [1.54, 1.807) is 4.90 Å². The Kier molecular flexibility index (Phi) is 5.87. The normalized spacial score (nSPS) is 26.7. The molecular formula is C13H25ClN2O3S. The van der Waals surface area contributed by atoms with E-state index < -0.39 is 14.6 Å². The Hall–Kier alpha value is -0.330. The van der Waals surface area contributed by atoms with Crippen molar-refractivity contribution in [3.8, 4) is 0 Å². The number of rotatable bonds is 2. The van der Waals surface area contributed by atoms with E-state index in [1.807, 2.05) is 6.92 Å². The van der Waals surface area contributed by atoms with Crippen molar-refractivity contribution in [2.45, 2.75) is 49.8 Å². The minimum Gasteiger partial charge on any atom is -0.339 e. The zero-order valence-corrected chi connectivity index (χ0v) is 13.9. The maximum absolute atomic E-state index is 12.9. The third-order valence-electron chi connectivity index (χ3n) is 4.57. The minimum absolute atomic E-state index is 0. The van der Waals surface area contributed by atoms with Gasteiger partial charge >= 0.3 is 0 Å². The highest BCUT2D eigenvalue weighted by molar-refractivity contribution is 7.92. The Labute approximate surface area is 127 Å². The highest BCUT2D eigenvalue weighted by Crippen LogP contribution is 2.32. The summed E-state index contributed by atoms with van der Waals surface area (Å²) in [5, 5.41) is 3.15. The molecule has 0 aromatic carbocycles. The van der Waals surface area contributed by atoms with Crippen molar-refractivity contribution in [2.24, 2.45) is 0 Å². The summed E-state index contributed by atoms with van der Waals surface area (Å²) >= 11 is 0. The van der Waals surface area contributed by atoms with E-state index in [0.29, 0.717) is 32.5 Å². The van der Waals surface area contributed by atoms with Gasteiger partial charge in [0.25, 0.3) is 0 Å². The summed E-state index contributed by atoms with van der Waals surface area (Å²) in [5.74, 6) is -0.163. The molecule has 2 heterocycles. The highest BCUT2D eigenvalue weighted by Gasteiger charge is 2.51. The number of nitrogens with one attached hydrogen (secondary N) is 1. The molecule has 0 aliphatic carbocycles. The molecule has 2 rings (SSSR count). The summed E-state index contributed by atoms with van der Waals surface area (Å²) in [4.78, 5) is 14.7. The van der Waals surface area contributed by atoms with Crippen molar-refractivity contribution in [3.05, 3.63) is 0 Å². The molecule has 2 saturated heterocycles. The van der Waals surface area contributed by atoms with Gasteiger partial charge in [0.15, 0.2) is 14.6 Å². The van der Waals surface area contributed by atoms with E-state index in [4.69, 9.17) is 0 Å². The molecule has 0 saturated carbocycles. The lowest BCUT2D eigenvalue weighted by atomic mass is 9.92. The van der Waals surface area contributed by atoms with Gasteiger partial charge < -0.3 is 10.2 Å². The Morgan fingerprint density at radius 2 is 1.85 bits per heavy atom. The SMILES string of the molecule is CC1CCCCN1C(=O)C1(S(C)(=O)=O)CCNCC1.Cl. The average molecular weight is 325 g/mol. The first-order valence-electron chi connectivity index (χ1n) is 7.10. The maximum atomic E-state index is 12.9. The van der Waals surface area contributed by atoms with Crippen LogP contribution in [0, 0.1) is 0 Å². The van der Waals surface area contributed by atoms with Crippen molar-refractivity contribution in [3.63, 3.8) is 0 Å². The van der Waals surface area contributed by atoms with Gasteiger partial charge in [0, 0.05) is 18.8 Å². The van der Waals surface area contributed by atoms with Gasteiger partial charge in [-0.05, 0) is 52.1 Å². The molecule has 0 aromatic heterocycles. The first-order chi connectivity index (χ1) is 8.88. The molecular weight excluding hydrogens is 300 g/mol. The fraction of sp³-hybridized carbons (Fsp3) is 0.923. The van der Waals surface area contributed by atoms with E-state index in [2.05, 4.69) is 5.32 Å². The van der Waals surface area contributed by atoms with Crippen LogP contribution in [0.15, 0.2) is 0 Å². The number of hydrogen-bond donors (Lipinski definition) is 1. The first-order valence-corrected chi connectivity index (χ1v) is 8.99. The molecule has 2 aliphatic rings. The number of amides is 1. The van der Waals surface area contributed by atoms with E-state index in [1.165, 1.54) is 6.26 Å². The summed E-state index contributed by atoms with van der Waals surface area (Å²) < 4.78 is 23.3. The van der Waals surface area contributed by atoms with Crippen molar-refractivity contribution >= 4 is 28.2 Å². The fourth-order valence-corrected chi connectivity index (χ4v) is 4.62. The van der Waals surface area contributed by atoms with Gasteiger partial charge in [-0.1, -0.05) is 0 Å². The zero-order valence-electron chi connectivity index (χ0n) is 12.2. The van der Waals surface area contributed by atoms with Crippen LogP contribution in [-0.4, -0.2) is 55.9 Å². The van der Waals surface area contributed by atoms with Gasteiger partial charge in [0.1, 0.15) is 0 Å². The monoisotopic (exact) mass is 324 g/mol. The van der Waals surface area contributed by atoms with E-state index in [0.717, 1.165) is 19.3 Å². The lowest BCUT2D eigenvalue weighted by Gasteiger charge is -2.42. The number of hydrogen-bond acceptors (Lipinski definition) is 4. The molecule has 1 N–H and O–H groups in total. The first kappa shape index (κ1) is 17.7. The van der Waals surface area contributed by atoms with Crippen LogP contribution in [0.4, 0.5) is 0 Å². The third kappa shape index (κ3) is 3.12. The largest absolute Gasteiger partial charge is 0.339 e. The molecule has 2 aliphatic heterocycles. The van der Waals surface area contributed by atoms with Crippen molar-refractivity contribution in [1.82, 2.24) is 10.2 Å². The predicted molar refractivity (Wildman–Crippen MR) is 82.0 cm³/mol. The molecule has 1 amide bonds. The lowest BCUT2D eigenvalue weighted by molar-refractivity contribution is -0.138. The molecule has 118 valence electrons. The molecule has 20 heavy (non-hydrogen) atoms. The van der Waals surface area contributed by atoms with Crippen molar-refractivity contribution in [2.75, 3.05) is 25.9 Å². The molecule has 5 nitrogen and oxygen atoms in total. The second kappa shape index (κ2) is 6.62. The number of nitrogens with zero attached hydrogens (tertiary/aromatic N) is 1. The van der Waals surface area contributed by atoms with E-state index in [-0.39, 0.29) is 24.4 Å². The molecule has 1 unspecified atom stereocenters. The number of carbonyl (C=O) groups is 1. The molecule has 2 fully saturated rings. The van der Waals surface area contributed by atoms with Crippen molar-refractivity contribution < 1.29 is 13.2 Å². The third-order valence-corrected chi connectivity index (χ3v) is 6.58. The quantitative estimate of drug-likeness (QED) is 0.822. The Bertz CT molecular complexity index is 447. The predicted octanol–water partition coefficient (Wildman–Crippen LogP) is 0.976. The fourth-order valence-electron chi connectivity index (χ4n) is 3.24. The Morgan fingerprint density at radius 3 is 2.35 bits per heavy atom. The van der Waals surface area contributed by atoms with Crippen LogP contribution in [0.5, 0.6) is 0 Å². The van der Waals surface area contributed by atoms with Crippen LogP contribution < -0.4 is 5.32 Å². The van der Waals surface area contributed by atoms with Gasteiger partial charge in [-0.15, -0.1) is 12.4 Å². The van der Waals surface area contributed by atoms with Crippen LogP contribution in [0.25, 0.3) is 0 Å². The van der Waals surface area contributed by atoms with Gasteiger partial charge in [0.05, 0.1) is 0 Å². The van der Waals surface area contributed by atoms with Crippen LogP contribution >= 0.6 is 12.4 Å². The van der Waals surface area contributed by atoms with Gasteiger partial charge in [0.2, 0.25) is 5.91 Å². The van der Waals surface area contributed by atoms with Crippen LogP contribution in [0.1, 0.15) is 39.0 Å². The Balaban J connectivity index is 0.00000200. The summed E-state index contributed by atoms with van der Waals surface area (Å²) in [6.07, 6.45) is 5.09. The number of likely N-dealkylation sites (tertiary alicyclic amines) is 1. The number of sulfone groups is 1. The van der Waals surface area contributed by atoms with Crippen LogP contribution in [0.2, 0.25) is 0 Å². The van der Waals surface area contributed by atoms with Gasteiger partial charge in [-0.3, -0.25) is 4.79 Å². The number of carbonyl (C=O) groups excluding carboxylic acids is 1. The summed E-state index contributed by atoms with van der Waals surface area (Å²) in [5.41, 5.74) is 0. The minimum atomic E-state index is -3.39. The summed E-state index contributed by atoms with van der Waals surface area (Å²) in [6.45, 7) is 3.92. The van der Waals surface area contributed by atoms with Gasteiger partial charge in [-0.2, -0.15) is 0 Å². The second-order valence-corrected chi connectivity index (χ2v) is 8.19. The zero-order chi connectivity index (χ0) is 14.1. The molecule has 0 spiro atoms. The smallest absolute Gasteiger partial charge is 0.244 e. The topological polar surface area (TPSA) is 66.5 Å². The summed E-state index contributed by atoms with van der Waals surface area (Å²) in [6, 6.07) is 0.162. The van der Waals surface area contributed by atoms with Crippen LogP contribution in [-0.2, 0) is 14.6 Å². The molecule has 7 heteroatoms. The van der Waals surface area contributed by atoms with Gasteiger partial charge in [-0.25, -0.2) is 8.42 Å². The van der Waals surface area contributed by atoms with Crippen molar-refractivity contribution in [1.29, 1.82) is 0 Å². The second-order valence-electron chi connectivity index (χ2n) is 5.86. The molecule has 0 bridgehead atoms. The van der Waals surface area contributed by atoms with E-state index in [9.17, 15) is 13.2 Å². The Morgan fingerprint density at radius 1 is 1.25 bits per heavy atom. The number of piperidine rings is 2. The maximum Gasteiger partial charge on any atom is 0.244 e. The molecule has 0 aromatic rings. The standard InChI is InChI=1S/C13H24N2O3S.ClH/c1-11-5-3-4-10-15(11)12(16)13(19(2,17)18)6-8-14-9-7-13;/h11,14H,3-10H2,1-2H3;1H. The lowest BCUT2D eigenvalue weighted by Crippen LogP contribution is -2.60. The molecule has 0 radical (unpaired) electrons. The number of halogens is 1. The van der Waals surface area contributed by atoms with Crippen LogP contribution in [0.3, 0.4) is 0 Å². The molecule has 1 atom stereocenters. The highest BCUT2D eigenvalue weighted by atomic mass is 35.5. The van der Waals surface area contributed by atoms with E-state index >= 15 is 0 Å². The average Bonchev–Trinajstić information content (AvgIpc) is 2.38.